The van der Waals surface area contributed by atoms with Gasteiger partial charge in [0.05, 0.1) is 13.2 Å². The van der Waals surface area contributed by atoms with Gasteiger partial charge in [0.25, 0.3) is 0 Å². The van der Waals surface area contributed by atoms with Gasteiger partial charge in [0.2, 0.25) is 0 Å². The van der Waals surface area contributed by atoms with E-state index < -0.39 is 0 Å². The number of rotatable bonds is 4. The SMILES string of the molecule is CCCNC(=O)OCC12COCN1COC2. The summed E-state index contributed by atoms with van der Waals surface area (Å²) >= 11 is 0. The molecule has 0 aliphatic carbocycles. The summed E-state index contributed by atoms with van der Waals surface area (Å²) in [7, 11) is 0. The van der Waals surface area contributed by atoms with Gasteiger partial charge in [-0.25, -0.2) is 9.69 Å². The van der Waals surface area contributed by atoms with Crippen LogP contribution in [0.5, 0.6) is 0 Å². The first-order valence-electron chi connectivity index (χ1n) is 5.58. The van der Waals surface area contributed by atoms with Crippen molar-refractivity contribution in [3.63, 3.8) is 0 Å². The van der Waals surface area contributed by atoms with Crippen LogP contribution in [0.25, 0.3) is 0 Å². The zero-order valence-electron chi connectivity index (χ0n) is 9.53. The number of hydrogen-bond acceptors (Lipinski definition) is 5. The summed E-state index contributed by atoms with van der Waals surface area (Å²) in [6.07, 6.45) is 0.536. The highest BCUT2D eigenvalue weighted by atomic mass is 16.6. The Bertz CT molecular complexity index is 249. The van der Waals surface area contributed by atoms with Crippen LogP contribution in [0.3, 0.4) is 0 Å². The van der Waals surface area contributed by atoms with E-state index in [2.05, 4.69) is 10.2 Å². The minimum Gasteiger partial charge on any atom is -0.447 e. The summed E-state index contributed by atoms with van der Waals surface area (Å²) in [6, 6.07) is 0. The maximum absolute atomic E-state index is 11.3. The molecule has 2 fully saturated rings. The monoisotopic (exact) mass is 230 g/mol. The molecule has 6 nitrogen and oxygen atoms in total. The maximum Gasteiger partial charge on any atom is 0.407 e. The third-order valence-electron chi connectivity index (χ3n) is 2.90. The van der Waals surface area contributed by atoms with Crippen molar-refractivity contribution in [2.24, 2.45) is 0 Å². The van der Waals surface area contributed by atoms with Gasteiger partial charge >= 0.3 is 6.09 Å². The first kappa shape index (κ1) is 11.6. The average Bonchev–Trinajstić information content (AvgIpc) is 2.82. The van der Waals surface area contributed by atoms with Gasteiger partial charge in [-0.05, 0) is 6.42 Å². The van der Waals surface area contributed by atoms with Gasteiger partial charge in [-0.15, -0.1) is 0 Å². The van der Waals surface area contributed by atoms with Crippen LogP contribution in [0.15, 0.2) is 0 Å². The second kappa shape index (κ2) is 4.99. The van der Waals surface area contributed by atoms with Crippen molar-refractivity contribution in [1.29, 1.82) is 0 Å². The average molecular weight is 230 g/mol. The molecule has 0 unspecified atom stereocenters. The lowest BCUT2D eigenvalue weighted by atomic mass is 10.0. The number of carbonyl (C=O) groups is 1. The van der Waals surface area contributed by atoms with Crippen LogP contribution in [0.1, 0.15) is 13.3 Å². The van der Waals surface area contributed by atoms with E-state index in [1.165, 1.54) is 0 Å². The molecule has 0 radical (unpaired) electrons. The third-order valence-corrected chi connectivity index (χ3v) is 2.90. The molecule has 0 bridgehead atoms. The first-order valence-corrected chi connectivity index (χ1v) is 5.58. The smallest absolute Gasteiger partial charge is 0.407 e. The highest BCUT2D eigenvalue weighted by Crippen LogP contribution is 2.28. The van der Waals surface area contributed by atoms with Crippen LogP contribution < -0.4 is 5.32 Å². The zero-order chi connectivity index (χ0) is 11.4. The van der Waals surface area contributed by atoms with Gasteiger partial charge in [-0.2, -0.15) is 0 Å². The minimum atomic E-state index is -0.366. The Morgan fingerprint density at radius 1 is 1.44 bits per heavy atom. The molecule has 0 saturated carbocycles. The topological polar surface area (TPSA) is 60.0 Å². The molecular formula is C10H18N2O4. The third kappa shape index (κ3) is 2.28. The van der Waals surface area contributed by atoms with Gasteiger partial charge in [-0.3, -0.25) is 0 Å². The highest BCUT2D eigenvalue weighted by molar-refractivity contribution is 5.67. The summed E-state index contributed by atoms with van der Waals surface area (Å²) in [6.45, 7) is 5.20. The molecule has 0 atom stereocenters. The van der Waals surface area contributed by atoms with E-state index in [1.807, 2.05) is 6.92 Å². The van der Waals surface area contributed by atoms with Crippen molar-refractivity contribution in [3.8, 4) is 0 Å². The van der Waals surface area contributed by atoms with E-state index >= 15 is 0 Å². The predicted molar refractivity (Wildman–Crippen MR) is 55.8 cm³/mol. The van der Waals surface area contributed by atoms with Gasteiger partial charge in [0, 0.05) is 6.54 Å². The lowest BCUT2D eigenvalue weighted by Gasteiger charge is -2.26. The molecular weight excluding hydrogens is 212 g/mol. The Balaban J connectivity index is 1.78. The minimum absolute atomic E-state index is 0.260. The highest BCUT2D eigenvalue weighted by Gasteiger charge is 2.47. The maximum atomic E-state index is 11.3. The van der Waals surface area contributed by atoms with E-state index in [0.29, 0.717) is 39.8 Å². The van der Waals surface area contributed by atoms with Crippen molar-refractivity contribution in [2.45, 2.75) is 18.9 Å². The number of amides is 1. The van der Waals surface area contributed by atoms with Crippen LogP contribution in [-0.4, -0.2) is 56.4 Å². The summed E-state index contributed by atoms with van der Waals surface area (Å²) in [4.78, 5) is 13.4. The van der Waals surface area contributed by atoms with E-state index in [0.717, 1.165) is 6.42 Å². The van der Waals surface area contributed by atoms with Gasteiger partial charge in [-0.1, -0.05) is 6.92 Å². The number of alkyl carbamates (subject to hydrolysis) is 1. The number of nitrogens with one attached hydrogen (secondary N) is 1. The van der Waals surface area contributed by atoms with Crippen molar-refractivity contribution < 1.29 is 19.0 Å². The summed E-state index contributed by atoms with van der Waals surface area (Å²) in [5.74, 6) is 0. The Labute approximate surface area is 94.8 Å². The van der Waals surface area contributed by atoms with Crippen molar-refractivity contribution in [1.82, 2.24) is 10.2 Å². The van der Waals surface area contributed by atoms with Gasteiger partial charge in [0.15, 0.2) is 0 Å². The molecule has 2 aliphatic heterocycles. The number of carbonyl (C=O) groups excluding carboxylic acids is 1. The molecule has 0 aromatic heterocycles. The Kier molecular flexibility index (Phi) is 3.63. The zero-order valence-corrected chi connectivity index (χ0v) is 9.53. The molecule has 6 heteroatoms. The van der Waals surface area contributed by atoms with Crippen LogP contribution in [0, 0.1) is 0 Å². The molecule has 2 saturated heterocycles. The van der Waals surface area contributed by atoms with E-state index in [1.54, 1.807) is 0 Å². The molecule has 2 heterocycles. The number of nitrogens with zero attached hydrogens (tertiary/aromatic N) is 1. The quantitative estimate of drug-likeness (QED) is 0.744. The summed E-state index contributed by atoms with van der Waals surface area (Å²) in [5, 5.41) is 2.67. The summed E-state index contributed by atoms with van der Waals surface area (Å²) < 4.78 is 15.9. The number of ether oxygens (including phenoxy) is 3. The van der Waals surface area contributed by atoms with E-state index in [4.69, 9.17) is 14.2 Å². The van der Waals surface area contributed by atoms with Crippen LogP contribution in [0.4, 0.5) is 4.79 Å². The van der Waals surface area contributed by atoms with Crippen molar-refractivity contribution in [2.75, 3.05) is 39.8 Å². The molecule has 2 aliphatic rings. The lowest BCUT2D eigenvalue weighted by molar-refractivity contribution is 0.0686. The van der Waals surface area contributed by atoms with Crippen LogP contribution in [-0.2, 0) is 14.2 Å². The Morgan fingerprint density at radius 3 is 2.75 bits per heavy atom. The standard InChI is InChI=1S/C10H18N2O4/c1-2-3-11-9(13)16-6-10-4-14-7-12(10)8-15-5-10/h2-8H2,1H3,(H,11,13). The molecule has 16 heavy (non-hydrogen) atoms. The molecule has 2 rings (SSSR count). The molecule has 92 valence electrons. The Hall–Kier alpha value is -0.850. The number of fused-ring (bicyclic) bond motifs is 1. The largest absolute Gasteiger partial charge is 0.447 e. The molecule has 0 spiro atoms. The first-order chi connectivity index (χ1) is 7.77. The molecule has 0 aromatic carbocycles. The van der Waals surface area contributed by atoms with Crippen molar-refractivity contribution in [3.05, 3.63) is 0 Å². The summed E-state index contributed by atoms with van der Waals surface area (Å²) in [5.41, 5.74) is -0.260. The predicted octanol–water partition coefficient (Wildman–Crippen LogP) is 0.139. The number of hydrogen-bond donors (Lipinski definition) is 1. The molecule has 1 N–H and O–H groups in total. The van der Waals surface area contributed by atoms with E-state index in [-0.39, 0.29) is 11.6 Å². The second-order valence-corrected chi connectivity index (χ2v) is 4.22. The van der Waals surface area contributed by atoms with E-state index in [9.17, 15) is 4.79 Å². The normalized spacial score (nSPS) is 23.1. The van der Waals surface area contributed by atoms with Crippen LogP contribution >= 0.6 is 0 Å². The Morgan fingerprint density at radius 2 is 2.12 bits per heavy atom. The van der Waals surface area contributed by atoms with Gasteiger partial charge in [0.1, 0.15) is 25.6 Å². The fourth-order valence-electron chi connectivity index (χ4n) is 1.88. The van der Waals surface area contributed by atoms with Gasteiger partial charge < -0.3 is 19.5 Å². The lowest BCUT2D eigenvalue weighted by Crippen LogP contribution is -2.48. The second-order valence-electron chi connectivity index (χ2n) is 4.22. The van der Waals surface area contributed by atoms with Crippen LogP contribution in [0.2, 0.25) is 0 Å². The molecule has 0 aromatic rings. The molecule has 1 amide bonds. The fraction of sp³-hybridized carbons (Fsp3) is 0.900. The van der Waals surface area contributed by atoms with Crippen molar-refractivity contribution >= 4 is 6.09 Å². The fourth-order valence-corrected chi connectivity index (χ4v) is 1.88.